The summed E-state index contributed by atoms with van der Waals surface area (Å²) < 4.78 is 0. The minimum Gasteiger partial charge on any atom is -0.481 e. The summed E-state index contributed by atoms with van der Waals surface area (Å²) in [5.41, 5.74) is 17.0. The number of hydrogen-bond acceptors (Lipinski definition) is 15. The minimum absolute atomic E-state index is 0.107. The van der Waals surface area contributed by atoms with Crippen LogP contribution in [0.3, 0.4) is 0 Å². The van der Waals surface area contributed by atoms with Crippen molar-refractivity contribution in [1.82, 2.24) is 31.2 Å². The van der Waals surface area contributed by atoms with E-state index in [1.807, 2.05) is 0 Å². The number of aliphatic hydroxyl groups is 2. The molecule has 0 aliphatic heterocycles. The van der Waals surface area contributed by atoms with Gasteiger partial charge in [0.05, 0.1) is 54.9 Å². The number of amides is 6. The minimum atomic E-state index is -1.64. The summed E-state index contributed by atoms with van der Waals surface area (Å²) in [5.74, 6) is -14.3. The van der Waals surface area contributed by atoms with E-state index in [-0.39, 0.29) is 51.4 Å². The number of carbonyl (C=O) groups is 11. The Bertz CT molecular complexity index is 2120. The second kappa shape index (κ2) is 41.1. The molecule has 1 rings (SSSR count). The molecule has 0 aliphatic carbocycles. The van der Waals surface area contributed by atoms with Crippen molar-refractivity contribution in [1.29, 1.82) is 0 Å². The lowest BCUT2D eigenvalue weighted by molar-refractivity contribution is -0.146. The fraction of sp³-hybridized carbons (Fsp3) is 0.759. The van der Waals surface area contributed by atoms with E-state index in [9.17, 15) is 68.1 Å². The van der Waals surface area contributed by atoms with Crippen molar-refractivity contribution >= 4 is 64.5 Å². The number of Topliss-reactive ketones (excluding diaryl/α,β-unsaturated/α-hetero) is 4. The summed E-state index contributed by atoms with van der Waals surface area (Å²) in [4.78, 5) is 154. The van der Waals surface area contributed by atoms with Crippen LogP contribution in [0.2, 0.25) is 0 Å². The number of imidazole rings is 1. The fourth-order valence-electron chi connectivity index (χ4n) is 9.59. The SMILES string of the molecule is CCCCCCCCCCCCCC(=O)N[C@@H](CCC(N)=O)C(=O)C[C@H](Cc1cnc[nH]1)C(=O)N[C@@H](CO)C(=O)C[C@H](CCC(N)=O)C(=O)N[C@H](C(=O)C[C@@H](C(=O)N[C@@H](CCCCN)C(=O)C[C@@H](C(=O)O)C(C)C)C(C)O)C(C)CC. The zero-order chi connectivity index (χ0) is 61.0. The summed E-state index contributed by atoms with van der Waals surface area (Å²) in [5, 5.41) is 41.6. The molecule has 1 aromatic heterocycles. The molecule has 2 unspecified atom stereocenters. The number of hydrogen-bond donors (Lipinski definition) is 11. The molecule has 81 heavy (non-hydrogen) atoms. The van der Waals surface area contributed by atoms with Gasteiger partial charge in [0.25, 0.3) is 0 Å². The van der Waals surface area contributed by atoms with E-state index in [1.165, 1.54) is 58.0 Å². The first-order chi connectivity index (χ1) is 38.4. The quantitative estimate of drug-likeness (QED) is 0.0414. The molecule has 0 aromatic carbocycles. The van der Waals surface area contributed by atoms with Crippen molar-refractivity contribution in [3.63, 3.8) is 0 Å². The maximum atomic E-state index is 14.2. The Morgan fingerprint density at radius 1 is 0.580 bits per heavy atom. The van der Waals surface area contributed by atoms with Gasteiger partial charge in [0.2, 0.25) is 35.4 Å². The highest BCUT2D eigenvalue weighted by atomic mass is 16.4. The van der Waals surface area contributed by atoms with Gasteiger partial charge in [0.15, 0.2) is 23.1 Å². The molecule has 10 atom stereocenters. The third-order valence-electron chi connectivity index (χ3n) is 15.1. The van der Waals surface area contributed by atoms with Gasteiger partial charge in [-0.15, -0.1) is 0 Å². The van der Waals surface area contributed by atoms with Gasteiger partial charge in [-0.2, -0.15) is 0 Å². The van der Waals surface area contributed by atoms with Crippen molar-refractivity contribution in [3.8, 4) is 0 Å². The van der Waals surface area contributed by atoms with Gasteiger partial charge in [-0.1, -0.05) is 105 Å². The maximum absolute atomic E-state index is 14.2. The number of nitrogens with two attached hydrogens (primary N) is 3. The van der Waals surface area contributed by atoms with Crippen LogP contribution in [0.25, 0.3) is 0 Å². The van der Waals surface area contributed by atoms with Crippen LogP contribution in [0.5, 0.6) is 0 Å². The Balaban J connectivity index is 3.32. The zero-order valence-corrected chi connectivity index (χ0v) is 49.1. The van der Waals surface area contributed by atoms with E-state index in [0.717, 1.165) is 25.7 Å². The predicted molar refractivity (Wildman–Crippen MR) is 304 cm³/mol. The number of unbranched alkanes of at least 4 members (excludes halogenated alkanes) is 11. The number of H-pyrrole nitrogens is 1. The first kappa shape index (κ1) is 73.1. The third-order valence-corrected chi connectivity index (χ3v) is 15.1. The number of primary amides is 2. The highest BCUT2D eigenvalue weighted by Crippen LogP contribution is 2.23. The van der Waals surface area contributed by atoms with Gasteiger partial charge in [-0.05, 0) is 63.8 Å². The number of carbonyl (C=O) groups excluding carboxylic acids is 10. The Morgan fingerprint density at radius 2 is 1.10 bits per heavy atom. The molecule has 0 saturated heterocycles. The van der Waals surface area contributed by atoms with Gasteiger partial charge < -0.3 is 58.8 Å². The van der Waals surface area contributed by atoms with Crippen LogP contribution in [0.4, 0.5) is 0 Å². The molecule has 0 radical (unpaired) electrons. The van der Waals surface area contributed by atoms with Crippen LogP contribution in [0.15, 0.2) is 12.5 Å². The Labute approximate surface area is 478 Å². The van der Waals surface area contributed by atoms with Crippen LogP contribution in [0, 0.1) is 35.5 Å². The Morgan fingerprint density at radius 3 is 1.62 bits per heavy atom. The van der Waals surface area contributed by atoms with E-state index in [2.05, 4.69) is 38.2 Å². The van der Waals surface area contributed by atoms with Crippen LogP contribution in [0.1, 0.15) is 201 Å². The van der Waals surface area contributed by atoms with Crippen LogP contribution >= 0.6 is 0 Å². The normalized spacial score (nSPS) is 15.1. The van der Waals surface area contributed by atoms with Crippen molar-refractivity contribution in [2.24, 2.45) is 52.7 Å². The van der Waals surface area contributed by atoms with E-state index in [4.69, 9.17) is 17.2 Å². The number of aliphatic carboxylic acids is 1. The largest absolute Gasteiger partial charge is 0.481 e. The average molecular weight is 1150 g/mol. The zero-order valence-electron chi connectivity index (χ0n) is 49.1. The number of ketones is 4. The third kappa shape index (κ3) is 30.1. The summed E-state index contributed by atoms with van der Waals surface area (Å²) in [6.07, 6.45) is 11.5. The molecule has 1 heterocycles. The molecule has 14 N–H and O–H groups in total. The lowest BCUT2D eigenvalue weighted by Crippen LogP contribution is -2.51. The van der Waals surface area contributed by atoms with Crippen molar-refractivity contribution in [2.75, 3.05) is 13.2 Å². The standard InChI is InChI=1S/C58H99N9O14/c1-7-9-10-11-12-13-14-15-16-17-18-22-53(76)64-45(24-26-52(61)75)47(70)30-40(28-41-33-62-35-63-41)56(78)66-46(34-68)48(71)29-39(23-25-51(60)74)55(77)67-54(37(5)8-2)50(73)32-43(38(6)69)57(79)65-44(21-19-20-27-59)49(72)31-42(36(3)4)58(80)81/h33,35-40,42-46,54,68-69H,7-32,34,59H2,1-6H3,(H2,60,74)(H2,61,75)(H,62,63)(H,64,76)(H,65,79)(H,66,78)(H,67,77)(H,80,81)/t37?,38?,39-,40-,42+,43+,44-,45-,46-,54-/m0/s1. The summed E-state index contributed by atoms with van der Waals surface area (Å²) >= 11 is 0. The number of rotatable bonds is 49. The first-order valence-electron chi connectivity index (χ1n) is 29.5. The summed E-state index contributed by atoms with van der Waals surface area (Å²) in [7, 11) is 0. The second-order valence-electron chi connectivity index (χ2n) is 22.3. The molecule has 23 heteroatoms. The van der Waals surface area contributed by atoms with Crippen LogP contribution < -0.4 is 38.5 Å². The van der Waals surface area contributed by atoms with E-state index in [0.29, 0.717) is 37.9 Å². The van der Waals surface area contributed by atoms with Crippen LogP contribution in [-0.2, 0) is 59.2 Å². The molecular formula is C58H99N9O14. The van der Waals surface area contributed by atoms with E-state index < -0.39 is 156 Å². The smallest absolute Gasteiger partial charge is 0.307 e. The number of nitrogens with one attached hydrogen (secondary N) is 5. The second-order valence-corrected chi connectivity index (χ2v) is 22.3. The highest BCUT2D eigenvalue weighted by molar-refractivity contribution is 5.98. The van der Waals surface area contributed by atoms with E-state index in [1.54, 1.807) is 27.7 Å². The lowest BCUT2D eigenvalue weighted by Gasteiger charge is -2.29. The number of aliphatic hydroxyl groups excluding tert-OH is 2. The number of aromatic amines is 1. The Kier molecular flexibility index (Phi) is 37.1. The molecule has 23 nitrogen and oxygen atoms in total. The molecular weight excluding hydrogens is 1050 g/mol. The monoisotopic (exact) mass is 1150 g/mol. The summed E-state index contributed by atoms with van der Waals surface area (Å²) in [6, 6.07) is -5.26. The maximum Gasteiger partial charge on any atom is 0.307 e. The molecule has 0 fully saturated rings. The topological polar surface area (TPSA) is 403 Å². The molecule has 6 amide bonds. The van der Waals surface area contributed by atoms with Crippen molar-refractivity contribution in [3.05, 3.63) is 18.2 Å². The molecule has 460 valence electrons. The van der Waals surface area contributed by atoms with Gasteiger partial charge in [0, 0.05) is 69.2 Å². The van der Waals surface area contributed by atoms with Crippen LogP contribution in [-0.4, -0.2) is 133 Å². The van der Waals surface area contributed by atoms with Gasteiger partial charge >= 0.3 is 5.97 Å². The van der Waals surface area contributed by atoms with E-state index >= 15 is 0 Å². The molecule has 0 spiro atoms. The molecule has 0 saturated carbocycles. The molecule has 0 aliphatic rings. The van der Waals surface area contributed by atoms with Gasteiger partial charge in [-0.3, -0.25) is 52.7 Å². The Hall–Kier alpha value is -5.94. The lowest BCUT2D eigenvalue weighted by atomic mass is 9.86. The van der Waals surface area contributed by atoms with Gasteiger partial charge in [-0.25, -0.2) is 4.98 Å². The molecule has 0 bridgehead atoms. The number of carboxylic acids is 1. The van der Waals surface area contributed by atoms with Crippen molar-refractivity contribution < 1.29 is 68.1 Å². The van der Waals surface area contributed by atoms with Gasteiger partial charge in [0.1, 0.15) is 6.04 Å². The first-order valence-corrected chi connectivity index (χ1v) is 29.5. The molecule has 1 aromatic rings. The predicted octanol–water partition coefficient (Wildman–Crippen LogP) is 3.71. The highest BCUT2D eigenvalue weighted by Gasteiger charge is 2.38. The number of carboxylic acid groups (broad SMARTS) is 1. The fourth-order valence-corrected chi connectivity index (χ4v) is 9.59. The number of nitrogens with zero attached hydrogens (tertiary/aromatic N) is 1. The van der Waals surface area contributed by atoms with Crippen molar-refractivity contribution in [2.45, 2.75) is 232 Å². The summed E-state index contributed by atoms with van der Waals surface area (Å²) in [6.45, 7) is 9.52. The average Bonchev–Trinajstić information content (AvgIpc) is 3.94. The number of aromatic nitrogens is 2.